The zero-order chi connectivity index (χ0) is 11.9. The van der Waals surface area contributed by atoms with Crippen molar-refractivity contribution in [2.24, 2.45) is 0 Å². The Morgan fingerprint density at radius 1 is 1.53 bits per heavy atom. The number of carbonyl (C=O) groups is 1. The molecule has 0 aliphatic heterocycles. The van der Waals surface area contributed by atoms with Crippen LogP contribution in [0.1, 0.15) is 6.92 Å². The number of ether oxygens (including phenoxy) is 2. The van der Waals surface area contributed by atoms with Gasteiger partial charge >= 0.3 is 5.97 Å². The average Bonchev–Trinajstić information content (AvgIpc) is 2.16. The summed E-state index contributed by atoms with van der Waals surface area (Å²) in [5.74, 6) is -0.712. The molecule has 0 saturated heterocycles. The van der Waals surface area contributed by atoms with Crippen LogP contribution in [-0.2, 0) is 14.3 Å². The van der Waals surface area contributed by atoms with Crippen LogP contribution in [0.4, 0.5) is 0 Å². The van der Waals surface area contributed by atoms with Crippen molar-refractivity contribution in [3.8, 4) is 0 Å². The van der Waals surface area contributed by atoms with Gasteiger partial charge in [0.15, 0.2) is 5.60 Å². The third kappa shape index (κ3) is 5.68. The first-order valence-corrected chi connectivity index (χ1v) is 4.62. The molecule has 0 amide bonds. The lowest BCUT2D eigenvalue weighted by Gasteiger charge is -2.21. The molecule has 0 rings (SSSR count). The van der Waals surface area contributed by atoms with Crippen molar-refractivity contribution < 1.29 is 24.5 Å². The largest absolute Gasteiger partial charge is 0.467 e. The molecule has 0 bridgehead atoms. The molecule has 0 aliphatic carbocycles. The smallest absolute Gasteiger partial charge is 0.338 e. The molecular weight excluding hydrogens is 202 g/mol. The standard InChI is InChI=1S/C9H19NO5/c1-9(13,8(12)15-3)6-10-4-7(11)5-14-2/h7,10-11,13H,4-6H2,1-3H3. The maximum Gasteiger partial charge on any atom is 0.338 e. The quantitative estimate of drug-likeness (QED) is 0.454. The highest BCUT2D eigenvalue weighted by Gasteiger charge is 2.30. The Labute approximate surface area is 89.2 Å². The summed E-state index contributed by atoms with van der Waals surface area (Å²) >= 11 is 0. The highest BCUT2D eigenvalue weighted by molar-refractivity contribution is 5.78. The number of esters is 1. The molecule has 0 aromatic carbocycles. The van der Waals surface area contributed by atoms with E-state index in [2.05, 4.69) is 10.1 Å². The summed E-state index contributed by atoms with van der Waals surface area (Å²) in [6.07, 6.45) is -0.663. The van der Waals surface area contributed by atoms with Gasteiger partial charge < -0.3 is 25.0 Å². The van der Waals surface area contributed by atoms with E-state index < -0.39 is 17.7 Å². The molecule has 0 spiro atoms. The second-order valence-electron chi connectivity index (χ2n) is 3.51. The Bertz CT molecular complexity index is 195. The third-order valence-electron chi connectivity index (χ3n) is 1.83. The first kappa shape index (κ1) is 14.3. The Balaban J connectivity index is 3.79. The van der Waals surface area contributed by atoms with Crippen molar-refractivity contribution in [3.05, 3.63) is 0 Å². The Hall–Kier alpha value is -0.690. The second kappa shape index (κ2) is 6.73. The normalized spacial score (nSPS) is 16.9. The SMILES string of the molecule is COCC(O)CNCC(C)(O)C(=O)OC. The minimum Gasteiger partial charge on any atom is -0.467 e. The van der Waals surface area contributed by atoms with Gasteiger partial charge in [-0.25, -0.2) is 4.79 Å². The van der Waals surface area contributed by atoms with Crippen LogP contribution in [0, 0.1) is 0 Å². The van der Waals surface area contributed by atoms with E-state index in [1.165, 1.54) is 21.1 Å². The molecule has 0 saturated carbocycles. The third-order valence-corrected chi connectivity index (χ3v) is 1.83. The predicted octanol–water partition coefficient (Wildman–Crippen LogP) is -1.49. The van der Waals surface area contributed by atoms with Crippen LogP contribution >= 0.6 is 0 Å². The number of methoxy groups -OCH3 is 2. The van der Waals surface area contributed by atoms with Crippen LogP contribution in [0.25, 0.3) is 0 Å². The van der Waals surface area contributed by atoms with E-state index in [9.17, 15) is 15.0 Å². The fourth-order valence-corrected chi connectivity index (χ4v) is 1.03. The Morgan fingerprint density at radius 3 is 2.60 bits per heavy atom. The molecule has 90 valence electrons. The van der Waals surface area contributed by atoms with E-state index >= 15 is 0 Å². The van der Waals surface area contributed by atoms with Gasteiger partial charge in [0.1, 0.15) is 0 Å². The minimum atomic E-state index is -1.58. The van der Waals surface area contributed by atoms with E-state index in [4.69, 9.17) is 4.74 Å². The first-order valence-electron chi connectivity index (χ1n) is 4.62. The zero-order valence-electron chi connectivity index (χ0n) is 9.32. The number of rotatable bonds is 7. The maximum atomic E-state index is 11.0. The fraction of sp³-hybridized carbons (Fsp3) is 0.889. The van der Waals surface area contributed by atoms with Crippen LogP contribution in [-0.4, -0.2) is 61.8 Å². The van der Waals surface area contributed by atoms with Crippen LogP contribution in [0.5, 0.6) is 0 Å². The first-order chi connectivity index (χ1) is 6.94. The minimum absolute atomic E-state index is 0.0143. The van der Waals surface area contributed by atoms with E-state index in [0.717, 1.165) is 0 Å². The number of hydrogen-bond donors (Lipinski definition) is 3. The number of hydrogen-bond acceptors (Lipinski definition) is 6. The lowest BCUT2D eigenvalue weighted by Crippen LogP contribution is -2.47. The van der Waals surface area contributed by atoms with Crippen LogP contribution < -0.4 is 5.32 Å². The van der Waals surface area contributed by atoms with E-state index in [0.29, 0.717) is 0 Å². The van der Waals surface area contributed by atoms with Gasteiger partial charge in [0.2, 0.25) is 0 Å². The van der Waals surface area contributed by atoms with E-state index in [1.807, 2.05) is 0 Å². The monoisotopic (exact) mass is 221 g/mol. The average molecular weight is 221 g/mol. The molecule has 0 aromatic heterocycles. The molecule has 15 heavy (non-hydrogen) atoms. The van der Waals surface area contributed by atoms with E-state index in [-0.39, 0.29) is 19.7 Å². The van der Waals surface area contributed by atoms with Gasteiger partial charge in [0.05, 0.1) is 19.8 Å². The fourth-order valence-electron chi connectivity index (χ4n) is 1.03. The van der Waals surface area contributed by atoms with Crippen molar-refractivity contribution >= 4 is 5.97 Å². The second-order valence-corrected chi connectivity index (χ2v) is 3.51. The molecule has 2 unspecified atom stereocenters. The summed E-state index contributed by atoms with van der Waals surface area (Å²) in [5, 5.41) is 21.6. The Morgan fingerprint density at radius 2 is 2.13 bits per heavy atom. The van der Waals surface area contributed by atoms with Crippen molar-refractivity contribution in [2.75, 3.05) is 33.9 Å². The summed E-state index contributed by atoms with van der Waals surface area (Å²) < 4.78 is 9.11. The molecule has 0 radical (unpaired) electrons. The number of aliphatic hydroxyl groups is 2. The number of carbonyl (C=O) groups excluding carboxylic acids is 1. The van der Waals surface area contributed by atoms with Crippen LogP contribution in [0.3, 0.4) is 0 Å². The summed E-state index contributed by atoms with van der Waals surface area (Å²) in [5.41, 5.74) is -1.58. The van der Waals surface area contributed by atoms with Gasteiger partial charge in [-0.3, -0.25) is 0 Å². The van der Waals surface area contributed by atoms with Gasteiger partial charge in [-0.05, 0) is 6.92 Å². The molecule has 0 aromatic rings. The maximum absolute atomic E-state index is 11.0. The summed E-state index contributed by atoms with van der Waals surface area (Å²) in [4.78, 5) is 11.0. The molecule has 6 heteroatoms. The van der Waals surface area contributed by atoms with Crippen molar-refractivity contribution in [3.63, 3.8) is 0 Å². The molecule has 0 heterocycles. The molecule has 2 atom stereocenters. The van der Waals surface area contributed by atoms with Crippen molar-refractivity contribution in [1.82, 2.24) is 5.32 Å². The summed E-state index contributed by atoms with van der Waals surface area (Å²) in [6.45, 7) is 1.79. The predicted molar refractivity (Wildman–Crippen MR) is 53.4 cm³/mol. The number of aliphatic hydroxyl groups excluding tert-OH is 1. The zero-order valence-corrected chi connectivity index (χ0v) is 9.32. The van der Waals surface area contributed by atoms with Crippen LogP contribution in [0.2, 0.25) is 0 Å². The molecule has 3 N–H and O–H groups in total. The lowest BCUT2D eigenvalue weighted by atomic mass is 10.1. The van der Waals surface area contributed by atoms with Gasteiger partial charge in [-0.2, -0.15) is 0 Å². The molecular formula is C9H19NO5. The van der Waals surface area contributed by atoms with Crippen LogP contribution in [0.15, 0.2) is 0 Å². The van der Waals surface area contributed by atoms with Gasteiger partial charge in [0, 0.05) is 20.2 Å². The van der Waals surface area contributed by atoms with Gasteiger partial charge in [-0.1, -0.05) is 0 Å². The molecule has 0 fully saturated rings. The van der Waals surface area contributed by atoms with Crippen molar-refractivity contribution in [2.45, 2.75) is 18.6 Å². The highest BCUT2D eigenvalue weighted by Crippen LogP contribution is 2.03. The Kier molecular flexibility index (Phi) is 6.42. The van der Waals surface area contributed by atoms with E-state index in [1.54, 1.807) is 0 Å². The van der Waals surface area contributed by atoms with Gasteiger partial charge in [0.25, 0.3) is 0 Å². The lowest BCUT2D eigenvalue weighted by molar-refractivity contribution is -0.160. The molecule has 0 aliphatic rings. The molecule has 6 nitrogen and oxygen atoms in total. The summed E-state index contributed by atoms with van der Waals surface area (Å²) in [6, 6.07) is 0. The highest BCUT2D eigenvalue weighted by atomic mass is 16.5. The van der Waals surface area contributed by atoms with Gasteiger partial charge in [-0.15, -0.1) is 0 Å². The van der Waals surface area contributed by atoms with Crippen molar-refractivity contribution in [1.29, 1.82) is 0 Å². The topological polar surface area (TPSA) is 88.0 Å². The number of nitrogens with one attached hydrogen (secondary N) is 1. The summed E-state index contributed by atoms with van der Waals surface area (Å²) in [7, 11) is 2.68.